The van der Waals surface area contributed by atoms with Crippen LogP contribution in [0.2, 0.25) is 0 Å². The van der Waals surface area contributed by atoms with Crippen LogP contribution < -0.4 is 5.32 Å². The number of hydrogen-bond donors (Lipinski definition) is 1. The molecule has 2 amide bonds. The van der Waals surface area contributed by atoms with Crippen molar-refractivity contribution >= 4 is 21.8 Å². The van der Waals surface area contributed by atoms with Gasteiger partial charge >= 0.3 is 0 Å². The van der Waals surface area contributed by atoms with Gasteiger partial charge in [0.25, 0.3) is 0 Å². The lowest BCUT2D eigenvalue weighted by molar-refractivity contribution is -0.149. The quantitative estimate of drug-likeness (QED) is 0.692. The Kier molecular flexibility index (Phi) is 6.04. The molecule has 0 aromatic heterocycles. The van der Waals surface area contributed by atoms with Crippen LogP contribution in [0.15, 0.2) is 23.1 Å². The van der Waals surface area contributed by atoms with E-state index in [0.717, 1.165) is 30.4 Å². The molecule has 6 rings (SSSR count). The van der Waals surface area contributed by atoms with Crippen molar-refractivity contribution in [3.63, 3.8) is 0 Å². The van der Waals surface area contributed by atoms with Gasteiger partial charge in [-0.25, -0.2) is 8.42 Å². The molecule has 8 heteroatoms. The predicted octanol–water partition coefficient (Wildman–Crippen LogP) is 2.86. The Morgan fingerprint density at radius 3 is 2.09 bits per heavy atom. The number of piperazine rings is 1. The van der Waals surface area contributed by atoms with E-state index < -0.39 is 16.1 Å². The van der Waals surface area contributed by atoms with E-state index in [4.69, 9.17) is 0 Å². The number of nitrogens with one attached hydrogen (secondary N) is 1. The molecule has 186 valence electrons. The van der Waals surface area contributed by atoms with Crippen LogP contribution in [0.3, 0.4) is 0 Å². The maximum Gasteiger partial charge on any atom is 0.244 e. The van der Waals surface area contributed by atoms with Gasteiger partial charge in [-0.3, -0.25) is 9.59 Å². The molecular formula is C26H37N3O4S. The molecule has 0 radical (unpaired) electrons. The summed E-state index contributed by atoms with van der Waals surface area (Å²) in [5.41, 5.74) is 1.36. The van der Waals surface area contributed by atoms with Crippen LogP contribution >= 0.6 is 0 Å². The monoisotopic (exact) mass is 487 g/mol. The predicted molar refractivity (Wildman–Crippen MR) is 129 cm³/mol. The van der Waals surface area contributed by atoms with Gasteiger partial charge in [0, 0.05) is 31.6 Å². The van der Waals surface area contributed by atoms with Gasteiger partial charge in [-0.1, -0.05) is 12.1 Å². The minimum absolute atomic E-state index is 0.0589. The number of benzene rings is 1. The van der Waals surface area contributed by atoms with Gasteiger partial charge in [-0.2, -0.15) is 4.31 Å². The van der Waals surface area contributed by atoms with E-state index in [1.807, 2.05) is 19.1 Å². The van der Waals surface area contributed by atoms with Gasteiger partial charge in [0.05, 0.1) is 4.90 Å². The molecule has 1 saturated heterocycles. The average molecular weight is 488 g/mol. The molecule has 5 fully saturated rings. The molecule has 34 heavy (non-hydrogen) atoms. The summed E-state index contributed by atoms with van der Waals surface area (Å²) in [4.78, 5) is 28.5. The van der Waals surface area contributed by atoms with Gasteiger partial charge in [-0.15, -0.1) is 0 Å². The first-order valence-corrected chi connectivity index (χ1v) is 14.2. The number of carbonyl (C=O) groups excluding carboxylic acids is 2. The topological polar surface area (TPSA) is 86.8 Å². The Morgan fingerprint density at radius 2 is 1.53 bits per heavy atom. The van der Waals surface area contributed by atoms with E-state index in [-0.39, 0.29) is 30.3 Å². The number of aryl methyl sites for hydroxylation is 2. The van der Waals surface area contributed by atoms with Gasteiger partial charge < -0.3 is 10.2 Å². The normalized spacial score (nSPS) is 32.0. The molecule has 1 aliphatic heterocycles. The van der Waals surface area contributed by atoms with E-state index >= 15 is 0 Å². The Labute approximate surface area is 203 Å². The molecule has 1 N–H and O–H groups in total. The first-order chi connectivity index (χ1) is 16.1. The smallest absolute Gasteiger partial charge is 0.244 e. The molecule has 4 saturated carbocycles. The summed E-state index contributed by atoms with van der Waals surface area (Å²) in [6.07, 6.45) is 6.74. The maximum absolute atomic E-state index is 13.3. The zero-order valence-corrected chi connectivity index (χ0v) is 21.4. The molecule has 4 bridgehead atoms. The van der Waals surface area contributed by atoms with E-state index in [1.165, 1.54) is 23.6 Å². The Bertz CT molecular complexity index is 1060. The molecule has 1 atom stereocenters. The number of sulfonamides is 1. The molecule has 0 spiro atoms. The van der Waals surface area contributed by atoms with Crippen LogP contribution in [-0.4, -0.2) is 61.7 Å². The van der Waals surface area contributed by atoms with Crippen molar-refractivity contribution in [2.24, 2.45) is 23.2 Å². The second-order valence-corrected chi connectivity index (χ2v) is 13.3. The maximum atomic E-state index is 13.3. The van der Waals surface area contributed by atoms with Crippen molar-refractivity contribution in [1.29, 1.82) is 0 Å². The largest absolute Gasteiger partial charge is 0.344 e. The standard InChI is InChI=1S/C26H37N3O4S/c1-17-4-5-18(2)23(10-17)34(32,33)29-8-6-28(7-9-29)24(30)19(3)27-25(31)26-14-20-11-21(15-26)13-22(12-20)16-26/h4-5,10,19-22H,6-9,11-16H2,1-3H3,(H,27,31). The second-order valence-electron chi connectivity index (χ2n) is 11.4. The number of carbonyl (C=O) groups is 2. The SMILES string of the molecule is Cc1ccc(C)c(S(=O)(=O)N2CCN(C(=O)C(C)NC(=O)C34CC5CC(CC(C5)C3)C4)CC2)c1. The third kappa shape index (κ3) is 4.17. The van der Waals surface area contributed by atoms with Crippen molar-refractivity contribution < 1.29 is 18.0 Å². The third-order valence-electron chi connectivity index (χ3n) is 8.75. The van der Waals surface area contributed by atoms with Crippen molar-refractivity contribution in [3.8, 4) is 0 Å². The fourth-order valence-corrected chi connectivity index (χ4v) is 9.08. The highest BCUT2D eigenvalue weighted by Crippen LogP contribution is 2.60. The third-order valence-corrected chi connectivity index (χ3v) is 10.8. The first-order valence-electron chi connectivity index (χ1n) is 12.7. The van der Waals surface area contributed by atoms with Gasteiger partial charge in [0.2, 0.25) is 21.8 Å². The number of nitrogens with zero attached hydrogens (tertiary/aromatic N) is 2. The highest BCUT2D eigenvalue weighted by Gasteiger charge is 2.54. The van der Waals surface area contributed by atoms with E-state index in [0.29, 0.717) is 35.7 Å². The zero-order valence-electron chi connectivity index (χ0n) is 20.5. The Morgan fingerprint density at radius 1 is 0.971 bits per heavy atom. The number of amides is 2. The van der Waals surface area contributed by atoms with Crippen LogP contribution in [-0.2, 0) is 19.6 Å². The lowest BCUT2D eigenvalue weighted by atomic mass is 9.49. The fraction of sp³-hybridized carbons (Fsp3) is 0.692. The van der Waals surface area contributed by atoms with E-state index in [2.05, 4.69) is 5.32 Å². The summed E-state index contributed by atoms with van der Waals surface area (Å²) in [7, 11) is -3.60. The fourth-order valence-electron chi connectivity index (χ4n) is 7.35. The lowest BCUT2D eigenvalue weighted by Crippen LogP contribution is -2.58. The molecule has 1 aromatic rings. The van der Waals surface area contributed by atoms with E-state index in [1.54, 1.807) is 24.8 Å². The summed E-state index contributed by atoms with van der Waals surface area (Å²) in [6.45, 7) is 6.64. The summed E-state index contributed by atoms with van der Waals surface area (Å²) < 4.78 is 27.8. The van der Waals surface area contributed by atoms with Crippen LogP contribution in [0, 0.1) is 37.0 Å². The molecule has 1 unspecified atom stereocenters. The second kappa shape index (κ2) is 8.63. The minimum atomic E-state index is -3.60. The molecular weight excluding hydrogens is 450 g/mol. The van der Waals surface area contributed by atoms with Gasteiger partial charge in [0.15, 0.2) is 0 Å². The number of rotatable bonds is 5. The Hall–Kier alpha value is -1.93. The lowest BCUT2D eigenvalue weighted by Gasteiger charge is -2.55. The number of hydrogen-bond acceptors (Lipinski definition) is 4. The summed E-state index contributed by atoms with van der Waals surface area (Å²) in [5.74, 6) is 1.96. The molecule has 7 nitrogen and oxygen atoms in total. The first kappa shape index (κ1) is 23.8. The van der Waals surface area contributed by atoms with Crippen molar-refractivity contribution in [1.82, 2.24) is 14.5 Å². The molecule has 5 aliphatic rings. The minimum Gasteiger partial charge on any atom is -0.344 e. The Balaban J connectivity index is 1.19. The molecule has 1 aromatic carbocycles. The van der Waals surface area contributed by atoms with Crippen LogP contribution in [0.25, 0.3) is 0 Å². The van der Waals surface area contributed by atoms with Crippen LogP contribution in [0.1, 0.15) is 56.6 Å². The summed E-state index contributed by atoms with van der Waals surface area (Å²) in [5, 5.41) is 3.05. The van der Waals surface area contributed by atoms with Crippen molar-refractivity contribution in [3.05, 3.63) is 29.3 Å². The summed E-state index contributed by atoms with van der Waals surface area (Å²) >= 11 is 0. The highest BCUT2D eigenvalue weighted by molar-refractivity contribution is 7.89. The highest BCUT2D eigenvalue weighted by atomic mass is 32.2. The summed E-state index contributed by atoms with van der Waals surface area (Å²) in [6, 6.07) is 4.85. The van der Waals surface area contributed by atoms with Crippen LogP contribution in [0.5, 0.6) is 0 Å². The van der Waals surface area contributed by atoms with E-state index in [9.17, 15) is 18.0 Å². The molecule has 4 aliphatic carbocycles. The van der Waals surface area contributed by atoms with Gasteiger partial charge in [0.1, 0.15) is 6.04 Å². The van der Waals surface area contributed by atoms with Crippen molar-refractivity contribution in [2.75, 3.05) is 26.2 Å². The van der Waals surface area contributed by atoms with Crippen molar-refractivity contribution in [2.45, 2.75) is 70.2 Å². The van der Waals surface area contributed by atoms with Crippen LogP contribution in [0.4, 0.5) is 0 Å². The zero-order chi connectivity index (χ0) is 24.3. The average Bonchev–Trinajstić information content (AvgIpc) is 2.79. The van der Waals surface area contributed by atoms with Gasteiger partial charge in [-0.05, 0) is 94.2 Å². The molecule has 1 heterocycles.